The van der Waals surface area contributed by atoms with Gasteiger partial charge in [-0.1, -0.05) is 35.0 Å². The van der Waals surface area contributed by atoms with Crippen molar-refractivity contribution >= 4 is 11.6 Å². The number of benzene rings is 1. The SMILES string of the molecule is CC1(OCc2nc(Cc3ccccc3Cl)no2)CNC1. The second kappa shape index (κ2) is 5.52. The third kappa shape index (κ3) is 3.00. The fourth-order valence-electron chi connectivity index (χ4n) is 2.05. The normalized spacial score (nSPS) is 16.9. The molecule has 0 aliphatic carbocycles. The van der Waals surface area contributed by atoms with E-state index in [1.165, 1.54) is 0 Å². The van der Waals surface area contributed by atoms with E-state index >= 15 is 0 Å². The number of aromatic nitrogens is 2. The Balaban J connectivity index is 1.60. The van der Waals surface area contributed by atoms with Crippen LogP contribution in [0.15, 0.2) is 28.8 Å². The molecule has 1 aliphatic rings. The molecular formula is C14H16ClN3O2. The fraction of sp³-hybridized carbons (Fsp3) is 0.429. The van der Waals surface area contributed by atoms with Gasteiger partial charge in [-0.15, -0.1) is 0 Å². The van der Waals surface area contributed by atoms with Crippen LogP contribution in [0.3, 0.4) is 0 Å². The lowest BCUT2D eigenvalue weighted by molar-refractivity contribution is -0.0841. The summed E-state index contributed by atoms with van der Waals surface area (Å²) in [6.45, 7) is 4.11. The predicted molar refractivity (Wildman–Crippen MR) is 74.6 cm³/mol. The summed E-state index contributed by atoms with van der Waals surface area (Å²) >= 11 is 6.11. The lowest BCUT2D eigenvalue weighted by atomic mass is 10.0. The number of halogens is 1. The van der Waals surface area contributed by atoms with Crippen LogP contribution in [-0.4, -0.2) is 28.8 Å². The molecule has 0 bridgehead atoms. The van der Waals surface area contributed by atoms with E-state index in [1.807, 2.05) is 24.3 Å². The molecule has 1 N–H and O–H groups in total. The highest BCUT2D eigenvalue weighted by Gasteiger charge is 2.32. The molecule has 2 heterocycles. The highest BCUT2D eigenvalue weighted by Crippen LogP contribution is 2.19. The maximum absolute atomic E-state index is 6.11. The van der Waals surface area contributed by atoms with Crippen LogP contribution < -0.4 is 5.32 Å². The van der Waals surface area contributed by atoms with Crippen LogP contribution >= 0.6 is 11.6 Å². The monoisotopic (exact) mass is 293 g/mol. The minimum Gasteiger partial charge on any atom is -0.363 e. The Hall–Kier alpha value is -1.43. The van der Waals surface area contributed by atoms with Crippen LogP contribution in [0, 0.1) is 0 Å². The molecule has 1 fully saturated rings. The molecule has 1 aromatic carbocycles. The first-order valence-electron chi connectivity index (χ1n) is 6.54. The summed E-state index contributed by atoms with van der Waals surface area (Å²) in [7, 11) is 0. The summed E-state index contributed by atoms with van der Waals surface area (Å²) in [6.07, 6.45) is 0.558. The van der Waals surface area contributed by atoms with Crippen LogP contribution in [0.1, 0.15) is 24.2 Å². The Morgan fingerprint density at radius 1 is 1.40 bits per heavy atom. The van der Waals surface area contributed by atoms with Crippen molar-refractivity contribution in [3.05, 3.63) is 46.6 Å². The Morgan fingerprint density at radius 3 is 2.90 bits per heavy atom. The van der Waals surface area contributed by atoms with Crippen molar-refractivity contribution in [3.8, 4) is 0 Å². The molecule has 5 nitrogen and oxygen atoms in total. The number of nitrogens with zero attached hydrogens (tertiary/aromatic N) is 2. The first-order chi connectivity index (χ1) is 9.65. The molecule has 1 saturated heterocycles. The van der Waals surface area contributed by atoms with Gasteiger partial charge in [-0.3, -0.25) is 0 Å². The molecule has 1 aliphatic heterocycles. The minimum atomic E-state index is -0.114. The van der Waals surface area contributed by atoms with Crippen molar-refractivity contribution < 1.29 is 9.26 Å². The molecule has 6 heteroatoms. The van der Waals surface area contributed by atoms with Gasteiger partial charge in [-0.05, 0) is 18.6 Å². The molecule has 0 saturated carbocycles. The maximum atomic E-state index is 6.11. The summed E-state index contributed by atoms with van der Waals surface area (Å²) in [4.78, 5) is 4.33. The van der Waals surface area contributed by atoms with E-state index in [-0.39, 0.29) is 5.60 Å². The zero-order chi connectivity index (χ0) is 14.0. The topological polar surface area (TPSA) is 60.2 Å². The van der Waals surface area contributed by atoms with Gasteiger partial charge in [0.15, 0.2) is 5.82 Å². The van der Waals surface area contributed by atoms with Gasteiger partial charge in [0, 0.05) is 24.5 Å². The van der Waals surface area contributed by atoms with E-state index in [1.54, 1.807) is 0 Å². The van der Waals surface area contributed by atoms with Gasteiger partial charge in [-0.25, -0.2) is 0 Å². The molecule has 0 radical (unpaired) electrons. The fourth-order valence-corrected chi connectivity index (χ4v) is 2.25. The molecule has 0 amide bonds. The van der Waals surface area contributed by atoms with E-state index in [2.05, 4.69) is 22.4 Å². The summed E-state index contributed by atoms with van der Waals surface area (Å²) in [6, 6.07) is 7.64. The summed E-state index contributed by atoms with van der Waals surface area (Å²) < 4.78 is 10.9. The van der Waals surface area contributed by atoms with Crippen LogP contribution in [0.4, 0.5) is 0 Å². The average Bonchev–Trinajstić information content (AvgIpc) is 2.85. The van der Waals surface area contributed by atoms with Gasteiger partial charge in [0.05, 0.1) is 5.60 Å². The second-order valence-electron chi connectivity index (χ2n) is 5.21. The average molecular weight is 294 g/mol. The number of hydrogen-bond acceptors (Lipinski definition) is 5. The van der Waals surface area contributed by atoms with Gasteiger partial charge >= 0.3 is 0 Å². The number of rotatable bonds is 5. The van der Waals surface area contributed by atoms with E-state index in [4.69, 9.17) is 20.9 Å². The lowest BCUT2D eigenvalue weighted by Crippen LogP contribution is -2.58. The van der Waals surface area contributed by atoms with Crippen molar-refractivity contribution in [1.82, 2.24) is 15.5 Å². The van der Waals surface area contributed by atoms with E-state index in [9.17, 15) is 0 Å². The zero-order valence-electron chi connectivity index (χ0n) is 11.2. The first-order valence-corrected chi connectivity index (χ1v) is 6.92. The smallest absolute Gasteiger partial charge is 0.252 e. The Labute approximate surface area is 122 Å². The van der Waals surface area contributed by atoms with Crippen molar-refractivity contribution in [1.29, 1.82) is 0 Å². The highest BCUT2D eigenvalue weighted by atomic mass is 35.5. The van der Waals surface area contributed by atoms with E-state index in [0.717, 1.165) is 18.7 Å². The summed E-state index contributed by atoms with van der Waals surface area (Å²) in [5.41, 5.74) is 0.870. The Bertz CT molecular complexity index is 596. The van der Waals surface area contributed by atoms with Crippen molar-refractivity contribution in [3.63, 3.8) is 0 Å². The second-order valence-corrected chi connectivity index (χ2v) is 5.62. The first kappa shape index (κ1) is 13.5. The van der Waals surface area contributed by atoms with Crippen LogP contribution in [0.2, 0.25) is 5.02 Å². The van der Waals surface area contributed by atoms with Gasteiger partial charge in [0.1, 0.15) is 6.61 Å². The molecule has 0 spiro atoms. The van der Waals surface area contributed by atoms with E-state index in [0.29, 0.717) is 29.8 Å². The molecule has 0 unspecified atom stereocenters. The number of nitrogens with one attached hydrogen (secondary N) is 1. The zero-order valence-corrected chi connectivity index (χ0v) is 12.0. The molecule has 1 aromatic heterocycles. The highest BCUT2D eigenvalue weighted by molar-refractivity contribution is 6.31. The molecule has 20 heavy (non-hydrogen) atoms. The molecule has 3 rings (SSSR count). The molecular weight excluding hydrogens is 278 g/mol. The molecule has 106 valence electrons. The third-order valence-electron chi connectivity index (χ3n) is 3.36. The predicted octanol–water partition coefficient (Wildman–Crippen LogP) is 2.19. The third-order valence-corrected chi connectivity index (χ3v) is 3.73. The largest absolute Gasteiger partial charge is 0.363 e. The maximum Gasteiger partial charge on any atom is 0.252 e. The molecule has 0 atom stereocenters. The van der Waals surface area contributed by atoms with Gasteiger partial charge in [-0.2, -0.15) is 4.98 Å². The molecule has 2 aromatic rings. The van der Waals surface area contributed by atoms with Crippen LogP contribution in [-0.2, 0) is 17.8 Å². The van der Waals surface area contributed by atoms with Crippen LogP contribution in [0.25, 0.3) is 0 Å². The van der Waals surface area contributed by atoms with Gasteiger partial charge < -0.3 is 14.6 Å². The quantitative estimate of drug-likeness (QED) is 0.916. The Morgan fingerprint density at radius 2 is 2.20 bits per heavy atom. The standard InChI is InChI=1S/C14H16ClN3O2/c1-14(8-16-9-14)19-7-13-17-12(18-20-13)6-10-4-2-3-5-11(10)15/h2-5,16H,6-9H2,1H3. The Kier molecular flexibility index (Phi) is 3.74. The van der Waals surface area contributed by atoms with Gasteiger partial charge in [0.25, 0.3) is 5.89 Å². The number of hydrogen-bond donors (Lipinski definition) is 1. The van der Waals surface area contributed by atoms with Crippen molar-refractivity contribution in [2.45, 2.75) is 25.6 Å². The minimum absolute atomic E-state index is 0.114. The lowest BCUT2D eigenvalue weighted by Gasteiger charge is -2.38. The van der Waals surface area contributed by atoms with Crippen molar-refractivity contribution in [2.24, 2.45) is 0 Å². The van der Waals surface area contributed by atoms with E-state index < -0.39 is 0 Å². The van der Waals surface area contributed by atoms with Gasteiger partial charge in [0.2, 0.25) is 0 Å². The van der Waals surface area contributed by atoms with Crippen molar-refractivity contribution in [2.75, 3.05) is 13.1 Å². The summed E-state index contributed by atoms with van der Waals surface area (Å²) in [5.74, 6) is 1.12. The number of ether oxygens (including phenoxy) is 1. The summed E-state index contributed by atoms with van der Waals surface area (Å²) in [5, 5.41) is 7.84. The van der Waals surface area contributed by atoms with Crippen LogP contribution in [0.5, 0.6) is 0 Å².